The van der Waals surface area contributed by atoms with Gasteiger partial charge in [0.15, 0.2) is 0 Å². The lowest BCUT2D eigenvalue weighted by molar-refractivity contribution is 0.658. The summed E-state index contributed by atoms with van der Waals surface area (Å²) in [5.74, 6) is 0.851. The number of hydrogen-bond donors (Lipinski definition) is 1. The van der Waals surface area contributed by atoms with E-state index in [4.69, 9.17) is 0 Å². The second kappa shape index (κ2) is 7.28. The van der Waals surface area contributed by atoms with Crippen molar-refractivity contribution in [3.05, 3.63) is 24.8 Å². The Kier molecular flexibility index (Phi) is 5.93. The smallest absolute Gasteiger partial charge is 0.148 e. The van der Waals surface area contributed by atoms with Gasteiger partial charge >= 0.3 is 0 Å². The van der Waals surface area contributed by atoms with Gasteiger partial charge in [0.2, 0.25) is 0 Å². The third-order valence-corrected chi connectivity index (χ3v) is 2.92. The zero-order valence-corrected chi connectivity index (χ0v) is 10.8. The van der Waals surface area contributed by atoms with E-state index in [1.807, 2.05) is 24.5 Å². The second-order valence-corrected chi connectivity index (χ2v) is 4.55. The van der Waals surface area contributed by atoms with Crippen molar-refractivity contribution in [3.63, 3.8) is 0 Å². The molecule has 1 unspecified atom stereocenters. The Balaban J connectivity index is 2.37. The number of allylic oxidation sites excluding steroid dienone is 1. The molecule has 0 saturated carbocycles. The molecule has 1 aromatic rings. The maximum atomic E-state index is 4.12. The quantitative estimate of drug-likeness (QED) is 0.448. The van der Waals surface area contributed by atoms with E-state index in [-0.39, 0.29) is 0 Å². The van der Waals surface area contributed by atoms with Gasteiger partial charge in [0, 0.05) is 6.04 Å². The van der Waals surface area contributed by atoms with Gasteiger partial charge in [-0.25, -0.2) is 0 Å². The number of rotatable bonds is 7. The molecule has 3 nitrogen and oxygen atoms in total. The van der Waals surface area contributed by atoms with Gasteiger partial charge in [0.1, 0.15) is 10.8 Å². The minimum absolute atomic E-state index is 0.425. The van der Waals surface area contributed by atoms with Crippen molar-refractivity contribution < 1.29 is 0 Å². The van der Waals surface area contributed by atoms with E-state index in [2.05, 4.69) is 29.0 Å². The highest BCUT2D eigenvalue weighted by atomic mass is 32.2. The van der Waals surface area contributed by atoms with E-state index in [1.165, 1.54) is 0 Å². The average Bonchev–Trinajstić information content (AvgIpc) is 2.30. The molecule has 88 valence electrons. The number of unbranched alkanes of at least 4 members (excludes halogenated alkanes) is 1. The minimum atomic E-state index is 0.425. The highest BCUT2D eigenvalue weighted by Crippen LogP contribution is 2.13. The summed E-state index contributed by atoms with van der Waals surface area (Å²) in [6.45, 7) is 5.88. The molecule has 1 N–H and O–H groups in total. The average molecular weight is 237 g/mol. The van der Waals surface area contributed by atoms with Gasteiger partial charge in [-0.15, -0.1) is 28.5 Å². The van der Waals surface area contributed by atoms with Crippen molar-refractivity contribution in [1.29, 1.82) is 0 Å². The lowest BCUT2D eigenvalue weighted by Crippen LogP contribution is -2.16. The zero-order valence-electron chi connectivity index (χ0n) is 9.94. The summed E-state index contributed by atoms with van der Waals surface area (Å²) < 4.78 is 0. The standard InChI is InChI=1S/C12H19N3S/c1-4-5-6-7-10(2)13-11-8-9-12(16-3)15-14-11/h4,8-10H,1,5-7H2,2-3H3,(H,13,14). The molecular formula is C12H19N3S. The summed E-state index contributed by atoms with van der Waals surface area (Å²) in [6, 6.07) is 4.38. The topological polar surface area (TPSA) is 37.8 Å². The van der Waals surface area contributed by atoms with Crippen LogP contribution >= 0.6 is 11.8 Å². The minimum Gasteiger partial charge on any atom is -0.366 e. The van der Waals surface area contributed by atoms with Crippen LogP contribution < -0.4 is 5.32 Å². The van der Waals surface area contributed by atoms with Crippen LogP contribution in [0.2, 0.25) is 0 Å². The van der Waals surface area contributed by atoms with Crippen LogP contribution in [0, 0.1) is 0 Å². The van der Waals surface area contributed by atoms with Crippen molar-refractivity contribution in [3.8, 4) is 0 Å². The Hall–Kier alpha value is -1.03. The first-order valence-electron chi connectivity index (χ1n) is 5.51. The summed E-state index contributed by atoms with van der Waals surface area (Å²) in [4.78, 5) is 0. The highest BCUT2D eigenvalue weighted by molar-refractivity contribution is 7.98. The fourth-order valence-corrected chi connectivity index (χ4v) is 1.73. The molecule has 0 fully saturated rings. The van der Waals surface area contributed by atoms with Gasteiger partial charge in [-0.2, -0.15) is 0 Å². The van der Waals surface area contributed by atoms with Crippen LogP contribution in [0.25, 0.3) is 0 Å². The number of hydrogen-bond acceptors (Lipinski definition) is 4. The predicted octanol–water partition coefficient (Wildman–Crippen LogP) is 3.36. The number of anilines is 1. The molecule has 0 aliphatic carbocycles. The van der Waals surface area contributed by atoms with E-state index in [0.29, 0.717) is 6.04 Å². The van der Waals surface area contributed by atoms with Crippen molar-refractivity contribution in [2.45, 2.75) is 37.3 Å². The van der Waals surface area contributed by atoms with E-state index in [1.54, 1.807) is 11.8 Å². The third-order valence-electron chi connectivity index (χ3n) is 2.29. The number of aromatic nitrogens is 2. The van der Waals surface area contributed by atoms with Crippen molar-refractivity contribution in [2.24, 2.45) is 0 Å². The SMILES string of the molecule is C=CCCCC(C)Nc1ccc(SC)nn1. The van der Waals surface area contributed by atoms with Gasteiger partial charge < -0.3 is 5.32 Å². The molecule has 4 heteroatoms. The molecule has 1 rings (SSSR count). The molecule has 1 aromatic heterocycles. The molecule has 0 spiro atoms. The molecule has 0 aliphatic heterocycles. The molecule has 0 bridgehead atoms. The summed E-state index contributed by atoms with van der Waals surface area (Å²) in [6.07, 6.45) is 7.31. The Morgan fingerprint density at radius 1 is 1.50 bits per heavy atom. The summed E-state index contributed by atoms with van der Waals surface area (Å²) >= 11 is 1.60. The fourth-order valence-electron chi connectivity index (χ4n) is 1.40. The van der Waals surface area contributed by atoms with E-state index in [9.17, 15) is 0 Å². The van der Waals surface area contributed by atoms with Gasteiger partial charge in [0.25, 0.3) is 0 Å². The van der Waals surface area contributed by atoms with Crippen LogP contribution in [-0.2, 0) is 0 Å². The molecule has 0 aliphatic rings. The molecule has 0 radical (unpaired) electrons. The molecule has 1 heterocycles. The van der Waals surface area contributed by atoms with Gasteiger partial charge in [-0.3, -0.25) is 0 Å². The van der Waals surface area contributed by atoms with Crippen LogP contribution in [-0.4, -0.2) is 22.5 Å². The zero-order chi connectivity index (χ0) is 11.8. The number of nitrogens with zero attached hydrogens (tertiary/aromatic N) is 2. The number of thioether (sulfide) groups is 1. The van der Waals surface area contributed by atoms with Gasteiger partial charge in [-0.1, -0.05) is 6.08 Å². The molecule has 0 amide bonds. The van der Waals surface area contributed by atoms with Crippen LogP contribution in [0.1, 0.15) is 26.2 Å². The van der Waals surface area contributed by atoms with E-state index < -0.39 is 0 Å². The van der Waals surface area contributed by atoms with Gasteiger partial charge in [-0.05, 0) is 44.6 Å². The van der Waals surface area contributed by atoms with E-state index >= 15 is 0 Å². The van der Waals surface area contributed by atoms with Crippen LogP contribution in [0.3, 0.4) is 0 Å². The molecule has 1 atom stereocenters. The normalized spacial score (nSPS) is 12.1. The molecule has 0 aromatic carbocycles. The maximum absolute atomic E-state index is 4.12. The fraction of sp³-hybridized carbons (Fsp3) is 0.500. The Morgan fingerprint density at radius 2 is 2.31 bits per heavy atom. The van der Waals surface area contributed by atoms with E-state index in [0.717, 1.165) is 30.1 Å². The summed E-state index contributed by atoms with van der Waals surface area (Å²) in [5, 5.41) is 12.5. The molecule has 0 saturated heterocycles. The lowest BCUT2D eigenvalue weighted by Gasteiger charge is -2.13. The van der Waals surface area contributed by atoms with Crippen molar-refractivity contribution in [2.75, 3.05) is 11.6 Å². The first kappa shape index (κ1) is 13.0. The lowest BCUT2D eigenvalue weighted by atomic mass is 10.1. The maximum Gasteiger partial charge on any atom is 0.148 e. The highest BCUT2D eigenvalue weighted by Gasteiger charge is 2.02. The van der Waals surface area contributed by atoms with Crippen LogP contribution in [0.15, 0.2) is 29.8 Å². The third kappa shape index (κ3) is 4.66. The first-order valence-corrected chi connectivity index (χ1v) is 6.74. The van der Waals surface area contributed by atoms with Gasteiger partial charge in [0.05, 0.1) is 0 Å². The first-order chi connectivity index (χ1) is 7.76. The summed E-state index contributed by atoms with van der Waals surface area (Å²) in [7, 11) is 0. The van der Waals surface area contributed by atoms with Crippen LogP contribution in [0.5, 0.6) is 0 Å². The monoisotopic (exact) mass is 237 g/mol. The molecular weight excluding hydrogens is 218 g/mol. The summed E-state index contributed by atoms with van der Waals surface area (Å²) in [5.41, 5.74) is 0. The Labute approximate surface area is 102 Å². The van der Waals surface area contributed by atoms with Crippen LogP contribution in [0.4, 0.5) is 5.82 Å². The molecule has 16 heavy (non-hydrogen) atoms. The largest absolute Gasteiger partial charge is 0.366 e. The van der Waals surface area contributed by atoms with Crippen molar-refractivity contribution >= 4 is 17.6 Å². The predicted molar refractivity (Wildman–Crippen MR) is 70.9 cm³/mol. The van der Waals surface area contributed by atoms with Crippen molar-refractivity contribution in [1.82, 2.24) is 10.2 Å². The second-order valence-electron chi connectivity index (χ2n) is 3.73. The Morgan fingerprint density at radius 3 is 2.88 bits per heavy atom. The Bertz CT molecular complexity index is 311. The number of nitrogens with one attached hydrogen (secondary N) is 1.